The Bertz CT molecular complexity index is 826. The Labute approximate surface area is 136 Å². The van der Waals surface area contributed by atoms with E-state index in [4.69, 9.17) is 11.6 Å². The van der Waals surface area contributed by atoms with Gasteiger partial charge >= 0.3 is 0 Å². The number of halogens is 2. The molecule has 0 bridgehead atoms. The van der Waals surface area contributed by atoms with Crippen molar-refractivity contribution >= 4 is 11.6 Å². The molecule has 3 heterocycles. The molecule has 4 rings (SSSR count). The lowest BCUT2D eigenvalue weighted by molar-refractivity contribution is 0.583. The summed E-state index contributed by atoms with van der Waals surface area (Å²) in [5.74, 6) is 1.91. The van der Waals surface area contributed by atoms with Crippen LogP contribution in [0.2, 0.25) is 5.02 Å². The summed E-state index contributed by atoms with van der Waals surface area (Å²) in [5, 5.41) is 5.04. The van der Waals surface area contributed by atoms with Gasteiger partial charge in [0.15, 0.2) is 11.6 Å². The molecule has 8 heteroatoms. The smallest absolute Gasteiger partial charge is 0.212 e. The van der Waals surface area contributed by atoms with Crippen molar-refractivity contribution in [3.8, 4) is 11.4 Å². The monoisotopic (exact) mass is 330 g/mol. The molecule has 116 valence electrons. The molecule has 0 atom stereocenters. The molecule has 0 N–H and O–H groups in total. The predicted molar refractivity (Wildman–Crippen MR) is 81.3 cm³/mol. The molecule has 23 heavy (non-hydrogen) atoms. The first-order valence-electron chi connectivity index (χ1n) is 7.22. The first kappa shape index (κ1) is 14.2. The molecule has 1 aliphatic carbocycles. The third-order valence-corrected chi connectivity index (χ3v) is 3.78. The third-order valence-electron chi connectivity index (χ3n) is 3.58. The number of nitrogens with zero attached hydrogens (tertiary/aromatic N) is 6. The summed E-state index contributed by atoms with van der Waals surface area (Å²) in [7, 11) is 0. The van der Waals surface area contributed by atoms with E-state index in [-0.39, 0.29) is 0 Å². The molecule has 1 saturated carbocycles. The van der Waals surface area contributed by atoms with Crippen molar-refractivity contribution in [3.05, 3.63) is 53.3 Å². The van der Waals surface area contributed by atoms with Crippen molar-refractivity contribution in [2.45, 2.75) is 25.3 Å². The van der Waals surface area contributed by atoms with Crippen LogP contribution in [0, 0.1) is 5.95 Å². The van der Waals surface area contributed by atoms with Crippen molar-refractivity contribution in [3.63, 3.8) is 0 Å². The maximum absolute atomic E-state index is 13.0. The summed E-state index contributed by atoms with van der Waals surface area (Å²) in [4.78, 5) is 16.7. The first-order valence-corrected chi connectivity index (χ1v) is 7.60. The highest BCUT2D eigenvalue weighted by molar-refractivity contribution is 6.30. The van der Waals surface area contributed by atoms with Gasteiger partial charge in [-0.05, 0) is 25.0 Å². The van der Waals surface area contributed by atoms with E-state index in [1.165, 1.54) is 12.3 Å². The molecule has 3 aromatic heterocycles. The van der Waals surface area contributed by atoms with Crippen LogP contribution in [-0.2, 0) is 6.54 Å². The van der Waals surface area contributed by atoms with Crippen molar-refractivity contribution in [1.29, 1.82) is 0 Å². The Kier molecular flexibility index (Phi) is 3.49. The van der Waals surface area contributed by atoms with Crippen molar-refractivity contribution in [2.75, 3.05) is 0 Å². The SMILES string of the molecule is Fc1ccc(-c2nc(C3CC3)nn2Cc2ncc(Cl)cn2)cn1. The lowest BCUT2D eigenvalue weighted by Crippen LogP contribution is -2.08. The zero-order valence-electron chi connectivity index (χ0n) is 12.0. The fraction of sp³-hybridized carbons (Fsp3) is 0.267. The van der Waals surface area contributed by atoms with Crippen LogP contribution in [0.5, 0.6) is 0 Å². The molecular weight excluding hydrogens is 319 g/mol. The van der Waals surface area contributed by atoms with E-state index in [1.54, 1.807) is 23.1 Å². The highest BCUT2D eigenvalue weighted by atomic mass is 35.5. The van der Waals surface area contributed by atoms with E-state index in [0.29, 0.717) is 34.7 Å². The molecule has 0 saturated heterocycles. The summed E-state index contributed by atoms with van der Waals surface area (Å²) in [6.45, 7) is 0.365. The minimum Gasteiger partial charge on any atom is -0.238 e. The van der Waals surface area contributed by atoms with Gasteiger partial charge in [-0.25, -0.2) is 24.6 Å². The predicted octanol–water partition coefficient (Wildman–Crippen LogP) is 2.85. The zero-order chi connectivity index (χ0) is 15.8. The molecule has 0 spiro atoms. The van der Waals surface area contributed by atoms with Gasteiger partial charge in [0.2, 0.25) is 5.95 Å². The second kappa shape index (κ2) is 5.66. The van der Waals surface area contributed by atoms with Crippen LogP contribution in [0.15, 0.2) is 30.7 Å². The number of rotatable bonds is 4. The van der Waals surface area contributed by atoms with Gasteiger partial charge in [-0.1, -0.05) is 11.6 Å². The average molecular weight is 331 g/mol. The molecule has 0 unspecified atom stereocenters. The topological polar surface area (TPSA) is 69.4 Å². The second-order valence-corrected chi connectivity index (χ2v) is 5.85. The Morgan fingerprint density at radius 2 is 1.91 bits per heavy atom. The maximum atomic E-state index is 13.0. The van der Waals surface area contributed by atoms with Crippen LogP contribution in [0.25, 0.3) is 11.4 Å². The summed E-state index contributed by atoms with van der Waals surface area (Å²) in [6, 6.07) is 2.95. The van der Waals surface area contributed by atoms with Gasteiger partial charge in [0.05, 0.1) is 5.02 Å². The van der Waals surface area contributed by atoms with Gasteiger partial charge in [0, 0.05) is 30.1 Å². The largest absolute Gasteiger partial charge is 0.238 e. The normalized spacial score (nSPS) is 14.2. The lowest BCUT2D eigenvalue weighted by atomic mass is 10.2. The molecule has 1 fully saturated rings. The van der Waals surface area contributed by atoms with E-state index in [2.05, 4.69) is 25.0 Å². The number of hydrogen-bond acceptors (Lipinski definition) is 5. The first-order chi connectivity index (χ1) is 11.2. The number of pyridine rings is 1. The third kappa shape index (κ3) is 3.05. The molecule has 3 aromatic rings. The van der Waals surface area contributed by atoms with Crippen LogP contribution >= 0.6 is 11.6 Å². The summed E-state index contributed by atoms with van der Waals surface area (Å²) < 4.78 is 14.8. The summed E-state index contributed by atoms with van der Waals surface area (Å²) in [6.07, 6.45) is 6.74. The second-order valence-electron chi connectivity index (χ2n) is 5.41. The lowest BCUT2D eigenvalue weighted by Gasteiger charge is -2.04. The van der Waals surface area contributed by atoms with Gasteiger partial charge in [-0.3, -0.25) is 0 Å². The zero-order valence-corrected chi connectivity index (χ0v) is 12.8. The van der Waals surface area contributed by atoms with Gasteiger partial charge < -0.3 is 0 Å². The highest BCUT2D eigenvalue weighted by Crippen LogP contribution is 2.38. The number of aromatic nitrogens is 6. The van der Waals surface area contributed by atoms with Crippen LogP contribution in [0.1, 0.15) is 30.4 Å². The Hall–Kier alpha value is -2.41. The molecular formula is C15H12ClFN6. The van der Waals surface area contributed by atoms with Crippen molar-refractivity contribution in [1.82, 2.24) is 29.7 Å². The minimum atomic E-state index is -0.525. The molecule has 6 nitrogen and oxygen atoms in total. The average Bonchev–Trinajstić information content (AvgIpc) is 3.32. The van der Waals surface area contributed by atoms with Crippen LogP contribution in [0.4, 0.5) is 4.39 Å². The molecule has 0 aromatic carbocycles. The van der Waals surface area contributed by atoms with Crippen LogP contribution in [-0.4, -0.2) is 29.7 Å². The highest BCUT2D eigenvalue weighted by Gasteiger charge is 2.29. The van der Waals surface area contributed by atoms with E-state index >= 15 is 0 Å². The Balaban J connectivity index is 1.71. The van der Waals surface area contributed by atoms with E-state index in [1.807, 2.05) is 0 Å². The van der Waals surface area contributed by atoms with Gasteiger partial charge in [0.25, 0.3) is 0 Å². The molecule has 0 radical (unpaired) electrons. The van der Waals surface area contributed by atoms with Gasteiger partial charge in [0.1, 0.15) is 12.4 Å². The molecule has 0 amide bonds. The quantitative estimate of drug-likeness (QED) is 0.688. The fourth-order valence-corrected chi connectivity index (χ4v) is 2.36. The van der Waals surface area contributed by atoms with Gasteiger partial charge in [-0.2, -0.15) is 9.49 Å². The van der Waals surface area contributed by atoms with E-state index in [9.17, 15) is 4.39 Å². The molecule has 0 aliphatic heterocycles. The Morgan fingerprint density at radius 1 is 1.13 bits per heavy atom. The standard InChI is InChI=1S/C15H12ClFN6/c16-11-6-19-13(20-7-11)8-23-15(10-3-4-12(17)18-5-10)21-14(22-23)9-1-2-9/h3-7,9H,1-2,8H2. The number of hydrogen-bond donors (Lipinski definition) is 0. The Morgan fingerprint density at radius 3 is 2.57 bits per heavy atom. The minimum absolute atomic E-state index is 0.365. The van der Waals surface area contributed by atoms with Crippen LogP contribution < -0.4 is 0 Å². The van der Waals surface area contributed by atoms with E-state index < -0.39 is 5.95 Å². The summed E-state index contributed by atoms with van der Waals surface area (Å²) in [5.41, 5.74) is 0.708. The maximum Gasteiger partial charge on any atom is 0.212 e. The van der Waals surface area contributed by atoms with Gasteiger partial charge in [-0.15, -0.1) is 0 Å². The van der Waals surface area contributed by atoms with Crippen molar-refractivity contribution in [2.24, 2.45) is 0 Å². The van der Waals surface area contributed by atoms with Crippen LogP contribution in [0.3, 0.4) is 0 Å². The van der Waals surface area contributed by atoms with Crippen molar-refractivity contribution < 1.29 is 4.39 Å². The fourth-order valence-electron chi connectivity index (χ4n) is 2.26. The molecule has 1 aliphatic rings. The van der Waals surface area contributed by atoms with E-state index in [0.717, 1.165) is 18.7 Å². The summed E-state index contributed by atoms with van der Waals surface area (Å²) >= 11 is 5.81.